The summed E-state index contributed by atoms with van der Waals surface area (Å²) in [6.45, 7) is 6.90. The highest BCUT2D eigenvalue weighted by atomic mass is 16.1. The molecule has 1 aliphatic rings. The van der Waals surface area contributed by atoms with E-state index in [0.717, 1.165) is 32.3 Å². The van der Waals surface area contributed by atoms with Gasteiger partial charge >= 0.3 is 0 Å². The number of rotatable bonds is 3. The minimum Gasteiger partial charge on any atom is -0.303 e. The first-order valence-corrected chi connectivity index (χ1v) is 5.86. The van der Waals surface area contributed by atoms with Crippen molar-refractivity contribution in [3.63, 3.8) is 0 Å². The van der Waals surface area contributed by atoms with E-state index in [9.17, 15) is 4.79 Å². The summed E-state index contributed by atoms with van der Waals surface area (Å²) in [6, 6.07) is 8.59. The fourth-order valence-corrected chi connectivity index (χ4v) is 2.30. The number of carbonyl (C=O) groups is 1. The molecule has 86 valence electrons. The summed E-state index contributed by atoms with van der Waals surface area (Å²) < 4.78 is 0. The lowest BCUT2D eigenvalue weighted by Crippen LogP contribution is -2.38. The van der Waals surface area contributed by atoms with Crippen molar-refractivity contribution in [3.8, 4) is 0 Å². The van der Waals surface area contributed by atoms with Crippen LogP contribution < -0.4 is 0 Å². The second kappa shape index (κ2) is 4.38. The molecule has 0 N–H and O–H groups in total. The molecule has 0 bridgehead atoms. The van der Waals surface area contributed by atoms with Gasteiger partial charge in [0.2, 0.25) is 0 Å². The second-order valence-electron chi connectivity index (χ2n) is 5.34. The molecule has 0 aliphatic carbocycles. The van der Waals surface area contributed by atoms with Gasteiger partial charge in [0.05, 0.1) is 0 Å². The van der Waals surface area contributed by atoms with Gasteiger partial charge in [-0.05, 0) is 17.5 Å². The van der Waals surface area contributed by atoms with Crippen LogP contribution in [0.1, 0.15) is 25.0 Å². The third kappa shape index (κ3) is 2.50. The number of nitrogens with zero attached hydrogens (tertiary/aromatic N) is 1. The van der Waals surface area contributed by atoms with Crippen LogP contribution in [-0.4, -0.2) is 24.3 Å². The lowest BCUT2D eigenvalue weighted by atomic mass is 9.92. The summed E-state index contributed by atoms with van der Waals surface area (Å²) >= 11 is 0. The van der Waals surface area contributed by atoms with Gasteiger partial charge in [-0.3, -0.25) is 4.90 Å². The molecule has 0 saturated heterocycles. The Balaban J connectivity index is 2.06. The maximum atomic E-state index is 10.9. The molecule has 2 rings (SSSR count). The molecule has 1 aromatic rings. The van der Waals surface area contributed by atoms with Gasteiger partial charge in [0.25, 0.3) is 0 Å². The Morgan fingerprint density at radius 1 is 1.31 bits per heavy atom. The zero-order valence-electron chi connectivity index (χ0n) is 10.1. The number of carbonyl (C=O) groups excluding carboxylic acids is 1. The van der Waals surface area contributed by atoms with Crippen LogP contribution in [0.25, 0.3) is 0 Å². The van der Waals surface area contributed by atoms with E-state index in [2.05, 4.69) is 29.2 Å². The van der Waals surface area contributed by atoms with Crippen LogP contribution in [-0.2, 0) is 17.8 Å². The van der Waals surface area contributed by atoms with Gasteiger partial charge in [-0.25, -0.2) is 0 Å². The van der Waals surface area contributed by atoms with E-state index in [1.165, 1.54) is 11.1 Å². The van der Waals surface area contributed by atoms with Gasteiger partial charge in [0.15, 0.2) is 0 Å². The molecule has 2 nitrogen and oxygen atoms in total. The highest BCUT2D eigenvalue weighted by Gasteiger charge is 2.23. The zero-order valence-corrected chi connectivity index (χ0v) is 10.1. The Labute approximate surface area is 97.3 Å². The monoisotopic (exact) mass is 217 g/mol. The van der Waals surface area contributed by atoms with Crippen molar-refractivity contribution < 1.29 is 4.79 Å². The van der Waals surface area contributed by atoms with Gasteiger partial charge in [-0.1, -0.05) is 38.1 Å². The molecule has 0 fully saturated rings. The van der Waals surface area contributed by atoms with Crippen LogP contribution in [0.4, 0.5) is 0 Å². The Kier molecular flexibility index (Phi) is 3.10. The van der Waals surface area contributed by atoms with E-state index in [-0.39, 0.29) is 5.41 Å². The number of fused-ring (bicyclic) bond motifs is 1. The SMILES string of the molecule is CC(C)(C=O)CN1CCc2ccccc2C1. The summed E-state index contributed by atoms with van der Waals surface area (Å²) in [5, 5.41) is 0. The molecular formula is C14H19NO. The summed E-state index contributed by atoms with van der Waals surface area (Å²) in [5.74, 6) is 0. The van der Waals surface area contributed by atoms with Crippen LogP contribution in [0.3, 0.4) is 0 Å². The first-order valence-electron chi connectivity index (χ1n) is 5.86. The van der Waals surface area contributed by atoms with Crippen molar-refractivity contribution in [3.05, 3.63) is 35.4 Å². The molecular weight excluding hydrogens is 198 g/mol. The van der Waals surface area contributed by atoms with Gasteiger partial charge in [0, 0.05) is 25.0 Å². The Morgan fingerprint density at radius 3 is 2.69 bits per heavy atom. The lowest BCUT2D eigenvalue weighted by Gasteiger charge is -2.33. The Bertz CT molecular complexity index is 384. The molecule has 0 spiro atoms. The van der Waals surface area contributed by atoms with Crippen molar-refractivity contribution in [2.75, 3.05) is 13.1 Å². The maximum Gasteiger partial charge on any atom is 0.126 e. The molecule has 1 heterocycles. The predicted octanol–water partition coefficient (Wildman–Crippen LogP) is 2.27. The van der Waals surface area contributed by atoms with Gasteiger partial charge in [-0.2, -0.15) is 0 Å². The molecule has 0 aromatic heterocycles. The molecule has 0 radical (unpaired) electrons. The standard InChI is InChI=1S/C14H19NO/c1-14(2,11-16)10-15-8-7-12-5-3-4-6-13(12)9-15/h3-6,11H,7-10H2,1-2H3. The molecule has 2 heteroatoms. The minimum atomic E-state index is -0.230. The Morgan fingerprint density at radius 2 is 2.00 bits per heavy atom. The highest BCUT2D eigenvalue weighted by Crippen LogP contribution is 2.22. The van der Waals surface area contributed by atoms with Crippen molar-refractivity contribution in [1.29, 1.82) is 0 Å². The van der Waals surface area contributed by atoms with Crippen molar-refractivity contribution in [2.24, 2.45) is 5.41 Å². The van der Waals surface area contributed by atoms with Crippen molar-refractivity contribution >= 4 is 6.29 Å². The van der Waals surface area contributed by atoms with Crippen molar-refractivity contribution in [1.82, 2.24) is 4.90 Å². The maximum absolute atomic E-state index is 10.9. The summed E-state index contributed by atoms with van der Waals surface area (Å²) in [4.78, 5) is 13.3. The van der Waals surface area contributed by atoms with Crippen LogP contribution in [0.15, 0.2) is 24.3 Å². The largest absolute Gasteiger partial charge is 0.303 e. The number of aldehydes is 1. The fraction of sp³-hybridized carbons (Fsp3) is 0.500. The van der Waals surface area contributed by atoms with E-state index >= 15 is 0 Å². The summed E-state index contributed by atoms with van der Waals surface area (Å²) in [7, 11) is 0. The quantitative estimate of drug-likeness (QED) is 0.724. The fourth-order valence-electron chi connectivity index (χ4n) is 2.30. The second-order valence-corrected chi connectivity index (χ2v) is 5.34. The number of benzene rings is 1. The third-order valence-electron chi connectivity index (χ3n) is 3.16. The average molecular weight is 217 g/mol. The van der Waals surface area contributed by atoms with Crippen LogP contribution in [0.5, 0.6) is 0 Å². The van der Waals surface area contributed by atoms with E-state index in [4.69, 9.17) is 0 Å². The van der Waals surface area contributed by atoms with Crippen LogP contribution >= 0.6 is 0 Å². The Hall–Kier alpha value is -1.15. The lowest BCUT2D eigenvalue weighted by molar-refractivity contribution is -0.115. The molecule has 0 atom stereocenters. The zero-order chi connectivity index (χ0) is 11.6. The van der Waals surface area contributed by atoms with Crippen LogP contribution in [0, 0.1) is 5.41 Å². The predicted molar refractivity (Wildman–Crippen MR) is 65.3 cm³/mol. The molecule has 0 unspecified atom stereocenters. The van der Waals surface area contributed by atoms with E-state index < -0.39 is 0 Å². The molecule has 16 heavy (non-hydrogen) atoms. The van der Waals surface area contributed by atoms with E-state index in [1.807, 2.05) is 13.8 Å². The number of hydrogen-bond acceptors (Lipinski definition) is 2. The third-order valence-corrected chi connectivity index (χ3v) is 3.16. The average Bonchev–Trinajstić information content (AvgIpc) is 2.28. The summed E-state index contributed by atoms with van der Waals surface area (Å²) in [6.07, 6.45) is 2.17. The highest BCUT2D eigenvalue weighted by molar-refractivity contribution is 5.58. The number of hydrogen-bond donors (Lipinski definition) is 0. The smallest absolute Gasteiger partial charge is 0.126 e. The van der Waals surface area contributed by atoms with Gasteiger partial charge in [-0.15, -0.1) is 0 Å². The van der Waals surface area contributed by atoms with E-state index in [0.29, 0.717) is 0 Å². The van der Waals surface area contributed by atoms with E-state index in [1.54, 1.807) is 0 Å². The van der Waals surface area contributed by atoms with Crippen LogP contribution in [0.2, 0.25) is 0 Å². The van der Waals surface area contributed by atoms with Gasteiger partial charge in [0.1, 0.15) is 6.29 Å². The molecule has 1 aromatic carbocycles. The topological polar surface area (TPSA) is 20.3 Å². The summed E-state index contributed by atoms with van der Waals surface area (Å²) in [5.41, 5.74) is 2.64. The molecule has 1 aliphatic heterocycles. The first-order chi connectivity index (χ1) is 7.61. The first kappa shape index (κ1) is 11.3. The molecule has 0 saturated carbocycles. The van der Waals surface area contributed by atoms with Crippen molar-refractivity contribution in [2.45, 2.75) is 26.8 Å². The minimum absolute atomic E-state index is 0.230. The molecule has 0 amide bonds. The normalized spacial score (nSPS) is 16.9. The van der Waals surface area contributed by atoms with Gasteiger partial charge < -0.3 is 4.79 Å².